The summed E-state index contributed by atoms with van der Waals surface area (Å²) >= 11 is 0. The Morgan fingerprint density at radius 3 is 2.70 bits per heavy atom. The van der Waals surface area contributed by atoms with Crippen LogP contribution in [0.3, 0.4) is 0 Å². The van der Waals surface area contributed by atoms with Crippen LogP contribution in [0, 0.1) is 6.92 Å². The fraction of sp³-hybridized carbons (Fsp3) is 0.435. The zero-order valence-electron chi connectivity index (χ0n) is 17.5. The number of hydrogen-bond donors (Lipinski definition) is 3. The fourth-order valence-corrected chi connectivity index (χ4v) is 5.31. The summed E-state index contributed by atoms with van der Waals surface area (Å²) in [6.45, 7) is 7.29. The van der Waals surface area contributed by atoms with E-state index in [1.54, 1.807) is 0 Å². The molecule has 1 fully saturated rings. The molecular weight excluding hydrogens is 374 g/mol. The van der Waals surface area contributed by atoms with Gasteiger partial charge in [0.05, 0.1) is 34.8 Å². The topological polar surface area (TPSA) is 85.5 Å². The van der Waals surface area contributed by atoms with Crippen molar-refractivity contribution in [3.05, 3.63) is 35.3 Å². The van der Waals surface area contributed by atoms with Crippen molar-refractivity contribution in [2.75, 3.05) is 24.5 Å². The normalized spacial score (nSPS) is 19.5. The summed E-state index contributed by atoms with van der Waals surface area (Å²) in [4.78, 5) is 7.84. The van der Waals surface area contributed by atoms with Crippen LogP contribution in [-0.2, 0) is 12.8 Å². The van der Waals surface area contributed by atoms with E-state index in [0.717, 1.165) is 60.5 Å². The minimum absolute atomic E-state index is 0.458. The van der Waals surface area contributed by atoms with Gasteiger partial charge in [0.2, 0.25) is 0 Å². The Kier molecular flexibility index (Phi) is 4.06. The van der Waals surface area contributed by atoms with Crippen molar-refractivity contribution in [1.29, 1.82) is 0 Å². The van der Waals surface area contributed by atoms with Gasteiger partial charge in [0.25, 0.3) is 0 Å². The molecule has 1 aromatic carbocycles. The highest BCUT2D eigenvalue weighted by Gasteiger charge is 2.26. The Morgan fingerprint density at radius 1 is 1.07 bits per heavy atom. The molecule has 0 spiro atoms. The standard InChI is InChI=1S/C23H27N7/c1-13-12-30(8-7-24-13)20-9-19-18(11-26-29-19)21-15-5-3-4-6-16(15)22(27-23(20)21)17-10-25-28-14(17)2/h9-11,13,24H,3-8,12H2,1-2H3,(H,25,28)(H,26,29)/t13-/m0/s1. The number of aromatic amines is 2. The van der Waals surface area contributed by atoms with Crippen molar-refractivity contribution in [3.63, 3.8) is 0 Å². The van der Waals surface area contributed by atoms with Crippen molar-refractivity contribution in [1.82, 2.24) is 30.7 Å². The molecule has 4 heterocycles. The van der Waals surface area contributed by atoms with E-state index in [0.29, 0.717) is 6.04 Å². The number of nitrogens with zero attached hydrogens (tertiary/aromatic N) is 4. The van der Waals surface area contributed by atoms with E-state index in [-0.39, 0.29) is 0 Å². The van der Waals surface area contributed by atoms with Gasteiger partial charge in [-0.05, 0) is 56.7 Å². The van der Waals surface area contributed by atoms with E-state index in [4.69, 9.17) is 4.98 Å². The first-order valence-electron chi connectivity index (χ1n) is 11.0. The van der Waals surface area contributed by atoms with E-state index in [9.17, 15) is 0 Å². The van der Waals surface area contributed by atoms with Crippen molar-refractivity contribution in [2.24, 2.45) is 0 Å². The summed E-state index contributed by atoms with van der Waals surface area (Å²) in [6, 6.07) is 2.70. The third-order valence-electron chi connectivity index (χ3n) is 6.77. The molecule has 0 saturated carbocycles. The van der Waals surface area contributed by atoms with Gasteiger partial charge in [-0.3, -0.25) is 10.2 Å². The SMILES string of the molecule is Cc1[nH]ncc1-c1nc2c(N3CCN[C@@H](C)C3)cc3[nH]ncc3c2c2c1CCCC2. The van der Waals surface area contributed by atoms with Crippen molar-refractivity contribution in [3.8, 4) is 11.3 Å². The maximum absolute atomic E-state index is 5.36. The number of aromatic nitrogens is 5. The van der Waals surface area contributed by atoms with Crippen LogP contribution >= 0.6 is 0 Å². The number of H-pyrrole nitrogens is 2. The van der Waals surface area contributed by atoms with Crippen LogP contribution in [0.2, 0.25) is 0 Å². The van der Waals surface area contributed by atoms with Crippen LogP contribution in [0.4, 0.5) is 5.69 Å². The Hall–Kier alpha value is -2.93. The van der Waals surface area contributed by atoms with E-state index < -0.39 is 0 Å². The lowest BCUT2D eigenvalue weighted by Crippen LogP contribution is -2.49. The molecule has 7 heteroatoms. The second-order valence-corrected chi connectivity index (χ2v) is 8.79. The minimum Gasteiger partial charge on any atom is -0.367 e. The van der Waals surface area contributed by atoms with E-state index >= 15 is 0 Å². The molecule has 3 N–H and O–H groups in total. The number of piperazine rings is 1. The number of nitrogens with one attached hydrogen (secondary N) is 3. The number of fused-ring (bicyclic) bond motifs is 5. The lowest BCUT2D eigenvalue weighted by Gasteiger charge is -2.34. The summed E-state index contributed by atoms with van der Waals surface area (Å²) in [5, 5.41) is 21.1. The van der Waals surface area contributed by atoms with Gasteiger partial charge < -0.3 is 10.2 Å². The average molecular weight is 402 g/mol. The number of rotatable bonds is 2. The lowest BCUT2D eigenvalue weighted by atomic mass is 9.85. The second-order valence-electron chi connectivity index (χ2n) is 8.79. The summed E-state index contributed by atoms with van der Waals surface area (Å²) in [5.74, 6) is 0. The molecule has 154 valence electrons. The van der Waals surface area contributed by atoms with Gasteiger partial charge in [0.15, 0.2) is 0 Å². The first kappa shape index (κ1) is 17.9. The molecule has 2 aliphatic rings. The van der Waals surface area contributed by atoms with Crippen molar-refractivity contribution >= 4 is 27.5 Å². The van der Waals surface area contributed by atoms with Gasteiger partial charge in [-0.2, -0.15) is 10.2 Å². The molecule has 30 heavy (non-hydrogen) atoms. The molecular formula is C23H27N7. The third kappa shape index (κ3) is 2.65. The molecule has 6 rings (SSSR count). The zero-order valence-corrected chi connectivity index (χ0v) is 17.5. The molecule has 3 aromatic heterocycles. The minimum atomic E-state index is 0.458. The predicted molar refractivity (Wildman–Crippen MR) is 120 cm³/mol. The second kappa shape index (κ2) is 6.80. The van der Waals surface area contributed by atoms with Crippen LogP contribution in [0.25, 0.3) is 33.1 Å². The van der Waals surface area contributed by atoms with E-state index in [1.165, 1.54) is 40.4 Å². The van der Waals surface area contributed by atoms with Gasteiger partial charge in [-0.25, -0.2) is 4.98 Å². The lowest BCUT2D eigenvalue weighted by molar-refractivity contribution is 0.485. The molecule has 1 saturated heterocycles. The summed E-state index contributed by atoms with van der Waals surface area (Å²) < 4.78 is 0. The maximum atomic E-state index is 5.36. The molecule has 0 radical (unpaired) electrons. The van der Waals surface area contributed by atoms with E-state index in [1.807, 2.05) is 12.4 Å². The summed E-state index contributed by atoms with van der Waals surface area (Å²) in [5.41, 5.74) is 9.59. The van der Waals surface area contributed by atoms with Crippen molar-refractivity contribution < 1.29 is 0 Å². The maximum Gasteiger partial charge on any atom is 0.0954 e. The molecule has 1 atom stereocenters. The molecule has 7 nitrogen and oxygen atoms in total. The van der Waals surface area contributed by atoms with Crippen LogP contribution in [-0.4, -0.2) is 51.1 Å². The number of aryl methyl sites for hydroxylation is 2. The van der Waals surface area contributed by atoms with Gasteiger partial charge in [-0.15, -0.1) is 0 Å². The number of benzene rings is 1. The largest absolute Gasteiger partial charge is 0.367 e. The third-order valence-corrected chi connectivity index (χ3v) is 6.77. The van der Waals surface area contributed by atoms with Crippen LogP contribution < -0.4 is 10.2 Å². The Labute approximate surface area is 175 Å². The zero-order chi connectivity index (χ0) is 20.2. The highest BCUT2D eigenvalue weighted by atomic mass is 15.2. The van der Waals surface area contributed by atoms with E-state index in [2.05, 4.69) is 50.5 Å². The monoisotopic (exact) mass is 401 g/mol. The Balaban J connectivity index is 1.71. The first-order valence-corrected chi connectivity index (χ1v) is 11.0. The van der Waals surface area contributed by atoms with Gasteiger partial charge >= 0.3 is 0 Å². The molecule has 1 aliphatic heterocycles. The molecule has 0 bridgehead atoms. The molecule has 4 aromatic rings. The quantitative estimate of drug-likeness (QED) is 0.479. The smallest absolute Gasteiger partial charge is 0.0954 e. The number of hydrogen-bond acceptors (Lipinski definition) is 5. The van der Waals surface area contributed by atoms with Gasteiger partial charge in [-0.1, -0.05) is 0 Å². The van der Waals surface area contributed by atoms with Gasteiger partial charge in [0.1, 0.15) is 0 Å². The Bertz CT molecular complexity index is 1250. The molecule has 0 amide bonds. The molecule has 0 unspecified atom stereocenters. The average Bonchev–Trinajstić information content (AvgIpc) is 3.41. The fourth-order valence-electron chi connectivity index (χ4n) is 5.31. The summed E-state index contributed by atoms with van der Waals surface area (Å²) in [7, 11) is 0. The highest BCUT2D eigenvalue weighted by molar-refractivity contribution is 6.13. The number of pyridine rings is 1. The van der Waals surface area contributed by atoms with Gasteiger partial charge in [0, 0.05) is 47.7 Å². The number of anilines is 1. The molecule has 1 aliphatic carbocycles. The van der Waals surface area contributed by atoms with Crippen molar-refractivity contribution in [2.45, 2.75) is 45.6 Å². The van der Waals surface area contributed by atoms with Crippen LogP contribution in [0.1, 0.15) is 36.6 Å². The first-order chi connectivity index (χ1) is 14.7. The summed E-state index contributed by atoms with van der Waals surface area (Å²) in [6.07, 6.45) is 8.52. The van der Waals surface area contributed by atoms with Crippen LogP contribution in [0.15, 0.2) is 18.5 Å². The predicted octanol–water partition coefficient (Wildman–Crippen LogP) is 3.49. The highest BCUT2D eigenvalue weighted by Crippen LogP contribution is 2.41. The van der Waals surface area contributed by atoms with Crippen LogP contribution in [0.5, 0.6) is 0 Å². The Morgan fingerprint density at radius 2 is 1.90 bits per heavy atom.